The van der Waals surface area contributed by atoms with Crippen LogP contribution in [0.3, 0.4) is 0 Å². The van der Waals surface area contributed by atoms with Gasteiger partial charge in [-0.3, -0.25) is 14.5 Å². The number of fused-ring (bicyclic) bond motifs is 1. The second-order valence-corrected chi connectivity index (χ2v) is 8.25. The van der Waals surface area contributed by atoms with E-state index in [0.29, 0.717) is 39.7 Å². The van der Waals surface area contributed by atoms with Gasteiger partial charge < -0.3 is 10.6 Å². The summed E-state index contributed by atoms with van der Waals surface area (Å²) in [5.74, 6) is 0.356. The number of anilines is 2. The van der Waals surface area contributed by atoms with Crippen molar-refractivity contribution in [2.45, 2.75) is 45.2 Å². The standard InChI is InChI=1S/C24H24FN7O/c1-3-32-13-21-23(31-32)30-22(12-27-21)28-14(2)18-10-17(7-8-19(18)25)29-24(33)16-6-9-20(26-11-16)15-4-5-15/h6-15H,3-5H2,1-2H3,(H,29,33)(H,28,30,31)/t14-/m0/s1. The van der Waals surface area contributed by atoms with Crippen molar-refractivity contribution < 1.29 is 9.18 Å². The summed E-state index contributed by atoms with van der Waals surface area (Å²) in [5, 5.41) is 10.4. The van der Waals surface area contributed by atoms with Gasteiger partial charge in [-0.1, -0.05) is 0 Å². The maximum atomic E-state index is 14.6. The molecular formula is C24H24FN7O. The van der Waals surface area contributed by atoms with Crippen LogP contribution in [0.5, 0.6) is 0 Å². The van der Waals surface area contributed by atoms with E-state index in [1.165, 1.54) is 6.07 Å². The fraction of sp³-hybridized carbons (Fsp3) is 0.292. The molecule has 168 valence electrons. The molecule has 1 aliphatic carbocycles. The fourth-order valence-corrected chi connectivity index (χ4v) is 3.69. The number of amides is 1. The molecule has 8 nitrogen and oxygen atoms in total. The first kappa shape index (κ1) is 21.0. The fourth-order valence-electron chi connectivity index (χ4n) is 3.69. The molecule has 1 aromatic carbocycles. The number of aromatic nitrogens is 5. The van der Waals surface area contributed by atoms with Crippen molar-refractivity contribution in [2.75, 3.05) is 10.6 Å². The van der Waals surface area contributed by atoms with Gasteiger partial charge in [-0.2, -0.15) is 5.10 Å². The molecule has 1 atom stereocenters. The van der Waals surface area contributed by atoms with Crippen LogP contribution < -0.4 is 10.6 Å². The number of hydrogen-bond donors (Lipinski definition) is 2. The Balaban J connectivity index is 1.30. The lowest BCUT2D eigenvalue weighted by Gasteiger charge is -2.17. The van der Waals surface area contributed by atoms with Crippen LogP contribution in [0.15, 0.2) is 48.9 Å². The smallest absolute Gasteiger partial charge is 0.257 e. The zero-order valence-corrected chi connectivity index (χ0v) is 18.4. The molecule has 0 saturated heterocycles. The lowest BCUT2D eigenvalue weighted by molar-refractivity contribution is 0.102. The third-order valence-electron chi connectivity index (χ3n) is 5.73. The van der Waals surface area contributed by atoms with Crippen LogP contribution in [0.4, 0.5) is 15.9 Å². The molecule has 0 bridgehead atoms. The molecule has 3 heterocycles. The van der Waals surface area contributed by atoms with E-state index >= 15 is 0 Å². The zero-order chi connectivity index (χ0) is 22.9. The number of nitrogens with zero attached hydrogens (tertiary/aromatic N) is 5. The summed E-state index contributed by atoms with van der Waals surface area (Å²) in [6.45, 7) is 4.53. The summed E-state index contributed by atoms with van der Waals surface area (Å²) >= 11 is 0. The normalized spacial score (nSPS) is 14.3. The number of aryl methyl sites for hydroxylation is 1. The van der Waals surface area contributed by atoms with E-state index < -0.39 is 6.04 Å². The van der Waals surface area contributed by atoms with E-state index in [1.54, 1.807) is 35.3 Å². The van der Waals surface area contributed by atoms with Gasteiger partial charge in [0.2, 0.25) is 5.65 Å². The highest BCUT2D eigenvalue weighted by atomic mass is 19.1. The SMILES string of the molecule is CCn1cc2ncc(N[C@@H](C)c3cc(NC(=O)c4ccc(C5CC5)nc4)ccc3F)nc2n1. The minimum absolute atomic E-state index is 0.286. The molecule has 33 heavy (non-hydrogen) atoms. The van der Waals surface area contributed by atoms with E-state index in [2.05, 4.69) is 30.7 Å². The van der Waals surface area contributed by atoms with Crippen LogP contribution in [0.2, 0.25) is 0 Å². The molecule has 2 N–H and O–H groups in total. The Morgan fingerprint density at radius 2 is 2.06 bits per heavy atom. The first-order chi connectivity index (χ1) is 16.0. The quantitative estimate of drug-likeness (QED) is 0.429. The van der Waals surface area contributed by atoms with E-state index in [4.69, 9.17) is 0 Å². The van der Waals surface area contributed by atoms with Crippen molar-refractivity contribution in [1.82, 2.24) is 24.7 Å². The second kappa shape index (κ2) is 8.57. The molecular weight excluding hydrogens is 421 g/mol. The van der Waals surface area contributed by atoms with Crippen molar-refractivity contribution >= 4 is 28.6 Å². The van der Waals surface area contributed by atoms with Gasteiger partial charge in [-0.05, 0) is 57.0 Å². The van der Waals surface area contributed by atoms with Gasteiger partial charge in [0.25, 0.3) is 5.91 Å². The van der Waals surface area contributed by atoms with Crippen LogP contribution in [0, 0.1) is 5.82 Å². The second-order valence-electron chi connectivity index (χ2n) is 8.25. The van der Waals surface area contributed by atoms with Crippen LogP contribution in [0.25, 0.3) is 11.2 Å². The Morgan fingerprint density at radius 1 is 1.21 bits per heavy atom. The summed E-state index contributed by atoms with van der Waals surface area (Å²) < 4.78 is 16.4. The number of nitrogens with one attached hydrogen (secondary N) is 2. The molecule has 9 heteroatoms. The molecule has 0 unspecified atom stereocenters. The molecule has 1 fully saturated rings. The van der Waals surface area contributed by atoms with E-state index in [-0.39, 0.29) is 11.7 Å². The van der Waals surface area contributed by atoms with E-state index in [9.17, 15) is 9.18 Å². The molecule has 4 aromatic rings. The topological polar surface area (TPSA) is 97.6 Å². The van der Waals surface area contributed by atoms with E-state index in [0.717, 1.165) is 25.1 Å². The number of carbonyl (C=O) groups excluding carboxylic acids is 1. The monoisotopic (exact) mass is 445 g/mol. The third kappa shape index (κ3) is 4.52. The average Bonchev–Trinajstić information content (AvgIpc) is 3.59. The summed E-state index contributed by atoms with van der Waals surface area (Å²) in [6.07, 6.45) is 7.33. The number of benzene rings is 1. The predicted molar refractivity (Wildman–Crippen MR) is 124 cm³/mol. The molecule has 0 spiro atoms. The van der Waals surface area contributed by atoms with Gasteiger partial charge in [0.05, 0.1) is 24.0 Å². The van der Waals surface area contributed by atoms with Crippen molar-refractivity contribution in [2.24, 2.45) is 0 Å². The van der Waals surface area contributed by atoms with Gasteiger partial charge >= 0.3 is 0 Å². The van der Waals surface area contributed by atoms with Gasteiger partial charge in [-0.15, -0.1) is 0 Å². The van der Waals surface area contributed by atoms with Crippen molar-refractivity contribution in [3.05, 3.63) is 71.6 Å². The summed E-state index contributed by atoms with van der Waals surface area (Å²) in [6, 6.07) is 7.76. The average molecular weight is 446 g/mol. The van der Waals surface area contributed by atoms with Crippen LogP contribution in [-0.4, -0.2) is 30.6 Å². The lowest BCUT2D eigenvalue weighted by Crippen LogP contribution is -2.14. The maximum absolute atomic E-state index is 14.6. The number of hydrogen-bond acceptors (Lipinski definition) is 6. The number of carbonyl (C=O) groups is 1. The molecule has 0 aliphatic heterocycles. The molecule has 1 saturated carbocycles. The molecule has 1 aliphatic rings. The molecule has 3 aromatic heterocycles. The van der Waals surface area contributed by atoms with E-state index in [1.807, 2.05) is 26.1 Å². The van der Waals surface area contributed by atoms with Gasteiger partial charge in [0, 0.05) is 35.6 Å². The molecule has 5 rings (SSSR count). The van der Waals surface area contributed by atoms with Crippen LogP contribution in [-0.2, 0) is 6.54 Å². The summed E-state index contributed by atoms with van der Waals surface area (Å²) in [5.41, 5.74) is 3.61. The molecule has 0 radical (unpaired) electrons. The maximum Gasteiger partial charge on any atom is 0.257 e. The van der Waals surface area contributed by atoms with Crippen molar-refractivity contribution in [3.63, 3.8) is 0 Å². The number of halogens is 1. The highest BCUT2D eigenvalue weighted by molar-refractivity contribution is 6.04. The van der Waals surface area contributed by atoms with Gasteiger partial charge in [-0.25, -0.2) is 14.4 Å². The Bertz CT molecular complexity index is 1310. The zero-order valence-electron chi connectivity index (χ0n) is 18.4. The third-order valence-corrected chi connectivity index (χ3v) is 5.73. The van der Waals surface area contributed by atoms with Gasteiger partial charge in [0.1, 0.15) is 17.2 Å². The minimum Gasteiger partial charge on any atom is -0.362 e. The number of rotatable bonds is 7. The van der Waals surface area contributed by atoms with Crippen LogP contribution in [0.1, 0.15) is 60.3 Å². The van der Waals surface area contributed by atoms with Crippen LogP contribution >= 0.6 is 0 Å². The largest absolute Gasteiger partial charge is 0.362 e. The molecule has 1 amide bonds. The minimum atomic E-state index is -0.415. The Morgan fingerprint density at radius 3 is 2.79 bits per heavy atom. The highest BCUT2D eigenvalue weighted by Gasteiger charge is 2.25. The Hall–Kier alpha value is -3.88. The number of pyridine rings is 1. The first-order valence-corrected chi connectivity index (χ1v) is 11.0. The summed E-state index contributed by atoms with van der Waals surface area (Å²) in [7, 11) is 0. The van der Waals surface area contributed by atoms with Crippen molar-refractivity contribution in [3.8, 4) is 0 Å². The Labute approximate surface area is 190 Å². The Kier molecular flexibility index (Phi) is 5.45. The lowest BCUT2D eigenvalue weighted by atomic mass is 10.1. The summed E-state index contributed by atoms with van der Waals surface area (Å²) in [4.78, 5) is 25.9. The van der Waals surface area contributed by atoms with Gasteiger partial charge in [0.15, 0.2) is 0 Å². The van der Waals surface area contributed by atoms with Crippen molar-refractivity contribution in [1.29, 1.82) is 0 Å². The predicted octanol–water partition coefficient (Wildman–Crippen LogP) is 4.68. The first-order valence-electron chi connectivity index (χ1n) is 11.0. The highest BCUT2D eigenvalue weighted by Crippen LogP contribution is 2.38.